The molecule has 0 amide bonds. The zero-order chi connectivity index (χ0) is 11.0. The molecular formula is C13H14O3. The third kappa shape index (κ3) is 0.730. The number of hydrogen-bond acceptors (Lipinski definition) is 3. The molecule has 84 valence electrons. The van der Waals surface area contributed by atoms with Gasteiger partial charge in [0.2, 0.25) is 5.78 Å². The van der Waals surface area contributed by atoms with Gasteiger partial charge in [-0.1, -0.05) is 18.2 Å². The maximum Gasteiger partial charge on any atom is 0.203 e. The number of Topliss-reactive ketones (excluding diaryl/α,β-unsaturated/α-hetero) is 1. The maximum absolute atomic E-state index is 12.5. The minimum Gasteiger partial charge on any atom is -0.366 e. The Morgan fingerprint density at radius 2 is 2.25 bits per heavy atom. The molecule has 1 saturated heterocycles. The first-order chi connectivity index (χ1) is 7.74. The Hall–Kier alpha value is -0.930. The number of epoxide rings is 1. The Labute approximate surface area is 94.1 Å². The molecule has 1 spiro atoms. The molecule has 5 rings (SSSR count). The van der Waals surface area contributed by atoms with Crippen LogP contribution in [0.25, 0.3) is 0 Å². The van der Waals surface area contributed by atoms with Crippen molar-refractivity contribution in [1.29, 1.82) is 0 Å². The van der Waals surface area contributed by atoms with Gasteiger partial charge in [0.15, 0.2) is 11.2 Å². The molecule has 0 aromatic rings. The molecule has 5 atom stereocenters. The molecule has 16 heavy (non-hydrogen) atoms. The van der Waals surface area contributed by atoms with Crippen LogP contribution in [0, 0.1) is 17.8 Å². The molecule has 0 aromatic carbocycles. The van der Waals surface area contributed by atoms with Crippen molar-refractivity contribution >= 4 is 5.78 Å². The predicted octanol–water partition coefficient (Wildman–Crippen LogP) is 1.10. The highest BCUT2D eigenvalue weighted by Crippen LogP contribution is 2.60. The fourth-order valence-electron chi connectivity index (χ4n) is 3.91. The summed E-state index contributed by atoms with van der Waals surface area (Å²) in [6.07, 6.45) is 9.48. The van der Waals surface area contributed by atoms with Crippen molar-refractivity contribution in [2.45, 2.75) is 17.6 Å². The van der Waals surface area contributed by atoms with Crippen LogP contribution < -0.4 is 0 Å². The van der Waals surface area contributed by atoms with Gasteiger partial charge in [-0.2, -0.15) is 0 Å². The van der Waals surface area contributed by atoms with E-state index in [4.69, 9.17) is 9.47 Å². The molecule has 0 radical (unpaired) electrons. The molecule has 1 saturated carbocycles. The van der Waals surface area contributed by atoms with Crippen LogP contribution in [0.4, 0.5) is 0 Å². The van der Waals surface area contributed by atoms with Crippen molar-refractivity contribution in [2.75, 3.05) is 13.7 Å². The first kappa shape index (κ1) is 9.14. The van der Waals surface area contributed by atoms with Crippen LogP contribution in [0.3, 0.4) is 0 Å². The second kappa shape index (κ2) is 2.49. The second-order valence-electron chi connectivity index (χ2n) is 5.24. The third-order valence-electron chi connectivity index (χ3n) is 4.79. The summed E-state index contributed by atoms with van der Waals surface area (Å²) in [4.78, 5) is 12.5. The van der Waals surface area contributed by atoms with E-state index in [9.17, 15) is 4.79 Å². The lowest BCUT2D eigenvalue weighted by molar-refractivity contribution is -0.160. The highest BCUT2D eigenvalue weighted by Gasteiger charge is 2.73. The van der Waals surface area contributed by atoms with Gasteiger partial charge in [0, 0.05) is 18.9 Å². The SMILES string of the molecule is CO[C@]12C=C[C@H]([C@@H]3CC=C[C@@H]31)C1(CO1)C2=O. The summed E-state index contributed by atoms with van der Waals surface area (Å²) in [5.74, 6) is 1.11. The normalized spacial score (nSPS) is 56.1. The fraction of sp³-hybridized carbons (Fsp3) is 0.615. The lowest BCUT2D eigenvalue weighted by atomic mass is 9.55. The van der Waals surface area contributed by atoms with E-state index >= 15 is 0 Å². The smallest absolute Gasteiger partial charge is 0.203 e. The lowest BCUT2D eigenvalue weighted by Crippen LogP contribution is -2.64. The quantitative estimate of drug-likeness (QED) is 0.488. The molecule has 1 aliphatic heterocycles. The van der Waals surface area contributed by atoms with Crippen molar-refractivity contribution in [3.63, 3.8) is 0 Å². The Balaban J connectivity index is 1.93. The van der Waals surface area contributed by atoms with Gasteiger partial charge in [-0.3, -0.25) is 4.79 Å². The number of ether oxygens (including phenoxy) is 2. The maximum atomic E-state index is 12.5. The summed E-state index contributed by atoms with van der Waals surface area (Å²) in [7, 11) is 1.63. The Morgan fingerprint density at radius 3 is 2.94 bits per heavy atom. The molecule has 1 heterocycles. The minimum absolute atomic E-state index is 0.141. The average Bonchev–Trinajstić information content (AvgIpc) is 2.92. The van der Waals surface area contributed by atoms with Crippen molar-refractivity contribution in [1.82, 2.24) is 0 Å². The highest BCUT2D eigenvalue weighted by atomic mass is 16.6. The Morgan fingerprint density at radius 1 is 1.44 bits per heavy atom. The van der Waals surface area contributed by atoms with Gasteiger partial charge in [-0.25, -0.2) is 0 Å². The number of hydrogen-bond donors (Lipinski definition) is 0. The Kier molecular flexibility index (Phi) is 1.42. The molecule has 4 aliphatic carbocycles. The number of rotatable bonds is 1. The lowest BCUT2D eigenvalue weighted by Gasteiger charge is -2.50. The molecule has 5 aliphatic rings. The number of carbonyl (C=O) groups excluding carboxylic acids is 1. The van der Waals surface area contributed by atoms with Gasteiger partial charge in [0.25, 0.3) is 0 Å². The van der Waals surface area contributed by atoms with Crippen LogP contribution in [0.1, 0.15) is 6.42 Å². The topological polar surface area (TPSA) is 38.8 Å². The number of methoxy groups -OCH3 is 1. The van der Waals surface area contributed by atoms with Gasteiger partial charge in [0.1, 0.15) is 0 Å². The minimum atomic E-state index is -0.747. The van der Waals surface area contributed by atoms with E-state index in [2.05, 4.69) is 18.2 Å². The van der Waals surface area contributed by atoms with Gasteiger partial charge < -0.3 is 9.47 Å². The zero-order valence-corrected chi connectivity index (χ0v) is 9.18. The van der Waals surface area contributed by atoms with E-state index in [1.807, 2.05) is 6.08 Å². The van der Waals surface area contributed by atoms with Crippen molar-refractivity contribution in [3.05, 3.63) is 24.3 Å². The molecule has 0 N–H and O–H groups in total. The molecule has 3 nitrogen and oxygen atoms in total. The third-order valence-corrected chi connectivity index (χ3v) is 4.79. The van der Waals surface area contributed by atoms with E-state index in [0.29, 0.717) is 12.5 Å². The van der Waals surface area contributed by atoms with Gasteiger partial charge >= 0.3 is 0 Å². The summed E-state index contributed by atoms with van der Waals surface area (Å²) < 4.78 is 11.1. The van der Waals surface area contributed by atoms with Gasteiger partial charge in [-0.15, -0.1) is 0 Å². The van der Waals surface area contributed by atoms with Crippen LogP contribution in [-0.4, -0.2) is 30.7 Å². The molecule has 3 heteroatoms. The summed E-state index contributed by atoms with van der Waals surface area (Å²) >= 11 is 0. The van der Waals surface area contributed by atoms with Crippen molar-refractivity contribution in [3.8, 4) is 0 Å². The first-order valence-electron chi connectivity index (χ1n) is 5.85. The molecular weight excluding hydrogens is 204 g/mol. The summed E-state index contributed by atoms with van der Waals surface area (Å²) in [6, 6.07) is 0. The number of allylic oxidation sites excluding steroid dienone is 1. The molecule has 2 bridgehead atoms. The van der Waals surface area contributed by atoms with Gasteiger partial charge in [-0.05, 0) is 18.4 Å². The van der Waals surface area contributed by atoms with Crippen LogP contribution in [0.2, 0.25) is 0 Å². The second-order valence-corrected chi connectivity index (χ2v) is 5.24. The number of ketones is 1. The zero-order valence-electron chi connectivity index (χ0n) is 9.18. The van der Waals surface area contributed by atoms with E-state index in [0.717, 1.165) is 6.42 Å². The van der Waals surface area contributed by atoms with Crippen molar-refractivity contribution < 1.29 is 14.3 Å². The van der Waals surface area contributed by atoms with Crippen LogP contribution in [-0.2, 0) is 14.3 Å². The van der Waals surface area contributed by atoms with Crippen LogP contribution >= 0.6 is 0 Å². The van der Waals surface area contributed by atoms with E-state index in [1.54, 1.807) is 7.11 Å². The molecule has 0 aromatic heterocycles. The van der Waals surface area contributed by atoms with E-state index < -0.39 is 11.2 Å². The van der Waals surface area contributed by atoms with Gasteiger partial charge in [0.05, 0.1) is 6.61 Å². The van der Waals surface area contributed by atoms with Crippen LogP contribution in [0.5, 0.6) is 0 Å². The first-order valence-corrected chi connectivity index (χ1v) is 5.85. The van der Waals surface area contributed by atoms with E-state index in [1.165, 1.54) is 0 Å². The summed E-state index contributed by atoms with van der Waals surface area (Å²) in [5, 5.41) is 0. The summed E-state index contributed by atoms with van der Waals surface area (Å²) in [5.41, 5.74) is -1.28. The fourth-order valence-corrected chi connectivity index (χ4v) is 3.91. The molecule has 2 fully saturated rings. The number of carbonyl (C=O) groups is 1. The Bertz CT molecular complexity index is 432. The molecule has 1 unspecified atom stereocenters. The highest BCUT2D eigenvalue weighted by molar-refractivity contribution is 6.02. The van der Waals surface area contributed by atoms with Crippen molar-refractivity contribution in [2.24, 2.45) is 17.8 Å². The predicted molar refractivity (Wildman–Crippen MR) is 56.8 cm³/mol. The van der Waals surface area contributed by atoms with E-state index in [-0.39, 0.29) is 17.6 Å². The average molecular weight is 218 g/mol. The largest absolute Gasteiger partial charge is 0.366 e. The monoisotopic (exact) mass is 218 g/mol. The standard InChI is InChI=1S/C13H14O3/c1-15-12-6-5-10(8-3-2-4-9(8)12)13(7-16-13)11(12)14/h2,4-6,8-10H,3,7H2,1H3/t8-,9+,10-,12-,13?/m1/s1. The van der Waals surface area contributed by atoms with Crippen LogP contribution in [0.15, 0.2) is 24.3 Å². The summed E-state index contributed by atoms with van der Waals surface area (Å²) in [6.45, 7) is 0.579.